The van der Waals surface area contributed by atoms with Crippen molar-refractivity contribution >= 4 is 28.1 Å². The summed E-state index contributed by atoms with van der Waals surface area (Å²) in [7, 11) is 1.47. The third kappa shape index (κ3) is 3.77. The number of rotatable bonds is 4. The largest absolute Gasteiger partial charge is 0.365 e. The summed E-state index contributed by atoms with van der Waals surface area (Å²) in [5.74, 6) is -1.70. The van der Waals surface area contributed by atoms with Gasteiger partial charge in [-0.3, -0.25) is 14.5 Å². The monoisotopic (exact) mass is 467 g/mol. The number of benzene rings is 1. The van der Waals surface area contributed by atoms with E-state index in [1.54, 1.807) is 6.07 Å². The van der Waals surface area contributed by atoms with Crippen LogP contribution in [0.25, 0.3) is 16.6 Å². The molecule has 0 unspecified atom stereocenters. The number of hydrogen-bond acceptors (Lipinski definition) is 6. The molecule has 1 amide bonds. The van der Waals surface area contributed by atoms with Gasteiger partial charge in [0.1, 0.15) is 5.69 Å². The topological polar surface area (TPSA) is 98.6 Å². The zero-order valence-electron chi connectivity index (χ0n) is 18.7. The van der Waals surface area contributed by atoms with Crippen LogP contribution in [0, 0.1) is 18.7 Å². The SMILES string of the molecule is CNC(=O)c1ccc(N2CCN(Cc3ccc4c(c3)[nH]c(=O)c3c(F)c(C)nn34)CC2)c(F)n1. The zero-order valence-corrected chi connectivity index (χ0v) is 18.7. The summed E-state index contributed by atoms with van der Waals surface area (Å²) < 4.78 is 30.1. The van der Waals surface area contributed by atoms with Gasteiger partial charge >= 0.3 is 0 Å². The maximum atomic E-state index is 14.5. The second kappa shape index (κ2) is 8.49. The Morgan fingerprint density at radius 2 is 1.91 bits per heavy atom. The van der Waals surface area contributed by atoms with Crippen LogP contribution in [0.3, 0.4) is 0 Å². The fourth-order valence-corrected chi connectivity index (χ4v) is 4.35. The molecular weight excluding hydrogens is 444 g/mol. The number of anilines is 1. The molecule has 0 bridgehead atoms. The van der Waals surface area contributed by atoms with Crippen molar-refractivity contribution in [3.8, 4) is 0 Å². The normalized spacial score (nSPS) is 14.8. The number of aromatic nitrogens is 4. The van der Waals surface area contributed by atoms with E-state index in [9.17, 15) is 18.4 Å². The summed E-state index contributed by atoms with van der Waals surface area (Å²) in [5, 5.41) is 6.59. The Morgan fingerprint density at radius 1 is 1.15 bits per heavy atom. The van der Waals surface area contributed by atoms with Crippen LogP contribution in [-0.2, 0) is 6.54 Å². The Hall–Kier alpha value is -3.86. The van der Waals surface area contributed by atoms with Crippen LogP contribution in [0.15, 0.2) is 35.1 Å². The highest BCUT2D eigenvalue weighted by Crippen LogP contribution is 2.22. The van der Waals surface area contributed by atoms with E-state index in [4.69, 9.17) is 0 Å². The van der Waals surface area contributed by atoms with E-state index >= 15 is 0 Å². The number of carbonyl (C=O) groups is 1. The lowest BCUT2D eigenvalue weighted by atomic mass is 10.1. The molecule has 4 heterocycles. The molecule has 0 spiro atoms. The number of halogens is 2. The van der Waals surface area contributed by atoms with Gasteiger partial charge in [0.05, 0.1) is 22.4 Å². The summed E-state index contributed by atoms with van der Waals surface area (Å²) in [6, 6.07) is 8.73. The highest BCUT2D eigenvalue weighted by molar-refractivity contribution is 5.92. The number of nitrogens with one attached hydrogen (secondary N) is 2. The first-order valence-corrected chi connectivity index (χ1v) is 10.9. The molecule has 176 valence electrons. The van der Waals surface area contributed by atoms with Crippen molar-refractivity contribution in [3.05, 3.63) is 69.4 Å². The molecule has 34 heavy (non-hydrogen) atoms. The molecule has 0 aliphatic carbocycles. The maximum Gasteiger partial charge on any atom is 0.277 e. The highest BCUT2D eigenvalue weighted by atomic mass is 19.1. The van der Waals surface area contributed by atoms with E-state index in [2.05, 4.69) is 25.3 Å². The molecule has 0 radical (unpaired) electrons. The average Bonchev–Trinajstić information content (AvgIpc) is 3.14. The van der Waals surface area contributed by atoms with E-state index in [-0.39, 0.29) is 16.9 Å². The molecule has 11 heteroatoms. The second-order valence-corrected chi connectivity index (χ2v) is 8.31. The molecule has 1 fully saturated rings. The first-order chi connectivity index (χ1) is 16.4. The molecule has 4 aromatic rings. The van der Waals surface area contributed by atoms with Gasteiger partial charge in [0.2, 0.25) is 5.95 Å². The fourth-order valence-electron chi connectivity index (χ4n) is 4.35. The molecule has 3 aromatic heterocycles. The van der Waals surface area contributed by atoms with Gasteiger partial charge in [0.25, 0.3) is 11.5 Å². The maximum absolute atomic E-state index is 14.5. The van der Waals surface area contributed by atoms with Gasteiger partial charge in [-0.1, -0.05) is 6.07 Å². The number of aromatic amines is 1. The number of fused-ring (bicyclic) bond motifs is 3. The zero-order chi connectivity index (χ0) is 24.0. The van der Waals surface area contributed by atoms with Crippen molar-refractivity contribution in [1.29, 1.82) is 0 Å². The van der Waals surface area contributed by atoms with Crippen LogP contribution in [0.1, 0.15) is 21.7 Å². The van der Waals surface area contributed by atoms with Gasteiger partial charge in [0, 0.05) is 39.8 Å². The standard InChI is InChI=1S/C23H23F2N7O2/c1-13-19(24)20-23(34)28-16-11-14(3-5-17(16)32(20)29-13)12-30-7-9-31(10-8-30)18-6-4-15(22(33)26-2)27-21(18)25/h3-6,11H,7-10,12H2,1-2H3,(H,26,33)(H,28,34). The smallest absolute Gasteiger partial charge is 0.277 e. The molecule has 1 aromatic carbocycles. The van der Waals surface area contributed by atoms with E-state index in [0.717, 1.165) is 5.56 Å². The lowest BCUT2D eigenvalue weighted by Crippen LogP contribution is -2.46. The van der Waals surface area contributed by atoms with Crippen LogP contribution in [-0.4, -0.2) is 63.6 Å². The molecule has 1 saturated heterocycles. The van der Waals surface area contributed by atoms with Gasteiger partial charge in [-0.05, 0) is 36.8 Å². The second-order valence-electron chi connectivity index (χ2n) is 8.31. The minimum Gasteiger partial charge on any atom is -0.365 e. The Labute approximate surface area is 193 Å². The molecule has 1 aliphatic heterocycles. The fraction of sp³-hybridized carbons (Fsp3) is 0.304. The van der Waals surface area contributed by atoms with Crippen molar-refractivity contribution in [2.75, 3.05) is 38.1 Å². The van der Waals surface area contributed by atoms with Crippen LogP contribution < -0.4 is 15.8 Å². The number of aryl methyl sites for hydroxylation is 1. The average molecular weight is 467 g/mol. The minimum atomic E-state index is -0.662. The number of hydrogen-bond donors (Lipinski definition) is 2. The number of pyridine rings is 1. The Kier molecular flexibility index (Phi) is 5.48. The summed E-state index contributed by atoms with van der Waals surface area (Å²) in [6.45, 7) is 4.79. The summed E-state index contributed by atoms with van der Waals surface area (Å²) in [6.07, 6.45) is 0. The summed E-state index contributed by atoms with van der Waals surface area (Å²) in [4.78, 5) is 34.7. The number of amides is 1. The van der Waals surface area contributed by atoms with Gasteiger partial charge in [-0.2, -0.15) is 9.49 Å². The van der Waals surface area contributed by atoms with E-state index < -0.39 is 23.2 Å². The first kappa shape index (κ1) is 22.0. The van der Waals surface area contributed by atoms with E-state index in [1.807, 2.05) is 23.1 Å². The van der Waals surface area contributed by atoms with Crippen LogP contribution in [0.5, 0.6) is 0 Å². The number of carbonyl (C=O) groups excluding carboxylic acids is 1. The van der Waals surface area contributed by atoms with Crippen molar-refractivity contribution in [1.82, 2.24) is 29.8 Å². The van der Waals surface area contributed by atoms with Gasteiger partial charge in [0.15, 0.2) is 11.3 Å². The molecule has 2 N–H and O–H groups in total. The molecular formula is C23H23F2N7O2. The Bertz CT molecular complexity index is 1470. The number of H-pyrrole nitrogens is 1. The quantitative estimate of drug-likeness (QED) is 0.445. The predicted molar refractivity (Wildman–Crippen MR) is 123 cm³/mol. The number of piperazine rings is 1. The first-order valence-electron chi connectivity index (χ1n) is 10.9. The summed E-state index contributed by atoms with van der Waals surface area (Å²) in [5.41, 5.74) is 2.19. The summed E-state index contributed by atoms with van der Waals surface area (Å²) >= 11 is 0. The third-order valence-corrected chi connectivity index (χ3v) is 6.15. The lowest BCUT2D eigenvalue weighted by molar-refractivity contribution is 0.0957. The molecule has 9 nitrogen and oxygen atoms in total. The van der Waals surface area contributed by atoms with Crippen molar-refractivity contribution in [2.45, 2.75) is 13.5 Å². The minimum absolute atomic E-state index is 0.0435. The lowest BCUT2D eigenvalue weighted by Gasteiger charge is -2.36. The van der Waals surface area contributed by atoms with Crippen molar-refractivity contribution in [2.24, 2.45) is 0 Å². The Morgan fingerprint density at radius 3 is 2.62 bits per heavy atom. The highest BCUT2D eigenvalue weighted by Gasteiger charge is 2.22. The van der Waals surface area contributed by atoms with Gasteiger partial charge in [-0.15, -0.1) is 0 Å². The van der Waals surface area contributed by atoms with Crippen LogP contribution >= 0.6 is 0 Å². The predicted octanol–water partition coefficient (Wildman–Crippen LogP) is 1.84. The number of nitrogens with zero attached hydrogens (tertiary/aromatic N) is 5. The van der Waals surface area contributed by atoms with Gasteiger partial charge < -0.3 is 15.2 Å². The Balaban J connectivity index is 1.30. The van der Waals surface area contributed by atoms with E-state index in [1.165, 1.54) is 24.6 Å². The third-order valence-electron chi connectivity index (χ3n) is 6.15. The molecule has 0 atom stereocenters. The van der Waals surface area contributed by atoms with Crippen molar-refractivity contribution < 1.29 is 13.6 Å². The van der Waals surface area contributed by atoms with Gasteiger partial charge in [-0.25, -0.2) is 13.9 Å². The van der Waals surface area contributed by atoms with E-state index in [0.29, 0.717) is 49.4 Å². The van der Waals surface area contributed by atoms with Crippen molar-refractivity contribution in [3.63, 3.8) is 0 Å². The van der Waals surface area contributed by atoms with Crippen LogP contribution in [0.2, 0.25) is 0 Å². The molecule has 5 rings (SSSR count). The van der Waals surface area contributed by atoms with Crippen LogP contribution in [0.4, 0.5) is 14.5 Å². The molecule has 0 saturated carbocycles. The molecule has 1 aliphatic rings.